The van der Waals surface area contributed by atoms with Crippen LogP contribution in [-0.4, -0.2) is 12.5 Å². The maximum absolute atomic E-state index is 12.0. The van der Waals surface area contributed by atoms with Gasteiger partial charge >= 0.3 is 0 Å². The van der Waals surface area contributed by atoms with Crippen LogP contribution in [0, 0.1) is 5.41 Å². The number of hydrogen-bond acceptors (Lipinski definition) is 3. The van der Waals surface area contributed by atoms with Gasteiger partial charge in [-0.3, -0.25) is 4.79 Å². The second-order valence-corrected chi connectivity index (χ2v) is 5.24. The van der Waals surface area contributed by atoms with Crippen molar-refractivity contribution in [3.8, 4) is 0 Å². The first-order valence-corrected chi connectivity index (χ1v) is 6.49. The molecule has 2 rings (SSSR count). The predicted molar refractivity (Wildman–Crippen MR) is 74.2 cm³/mol. The number of anilines is 2. The second kappa shape index (κ2) is 4.88. The average molecular weight is 247 g/mol. The Hall–Kier alpha value is -1.71. The zero-order valence-corrected chi connectivity index (χ0v) is 10.8. The van der Waals surface area contributed by atoms with Crippen molar-refractivity contribution in [3.63, 3.8) is 0 Å². The quantitative estimate of drug-likeness (QED) is 0.713. The molecular weight excluding hydrogens is 226 g/mol. The lowest BCUT2D eigenvalue weighted by atomic mass is 9.67. The van der Waals surface area contributed by atoms with Crippen molar-refractivity contribution in [2.24, 2.45) is 5.41 Å². The van der Waals surface area contributed by atoms with Crippen molar-refractivity contribution in [1.82, 2.24) is 5.32 Å². The molecule has 0 heterocycles. The van der Waals surface area contributed by atoms with Gasteiger partial charge in [-0.05, 0) is 42.9 Å². The summed E-state index contributed by atoms with van der Waals surface area (Å²) in [6.45, 7) is 2.93. The number of nitrogen functional groups attached to an aromatic ring is 2. The van der Waals surface area contributed by atoms with Crippen LogP contribution in [0.4, 0.5) is 11.4 Å². The van der Waals surface area contributed by atoms with Gasteiger partial charge in [0.05, 0.1) is 5.56 Å². The van der Waals surface area contributed by atoms with Crippen LogP contribution in [0.15, 0.2) is 18.2 Å². The maximum atomic E-state index is 12.0. The first kappa shape index (κ1) is 12.7. The fraction of sp³-hybridized carbons (Fsp3) is 0.500. The van der Waals surface area contributed by atoms with E-state index < -0.39 is 0 Å². The minimum Gasteiger partial charge on any atom is -0.399 e. The smallest absolute Gasteiger partial charge is 0.253 e. The predicted octanol–water partition coefficient (Wildman–Crippen LogP) is 2.16. The van der Waals surface area contributed by atoms with Gasteiger partial charge in [-0.1, -0.05) is 13.3 Å². The summed E-state index contributed by atoms with van der Waals surface area (Å²) in [7, 11) is 0. The molecule has 0 radical (unpaired) electrons. The summed E-state index contributed by atoms with van der Waals surface area (Å²) >= 11 is 0. The molecule has 0 aromatic heterocycles. The molecule has 4 nitrogen and oxygen atoms in total. The Morgan fingerprint density at radius 2 is 2.11 bits per heavy atom. The molecule has 1 aromatic rings. The minimum absolute atomic E-state index is 0.104. The van der Waals surface area contributed by atoms with Gasteiger partial charge in [0.15, 0.2) is 0 Å². The van der Waals surface area contributed by atoms with Crippen LogP contribution >= 0.6 is 0 Å². The van der Waals surface area contributed by atoms with E-state index in [2.05, 4.69) is 12.2 Å². The molecule has 1 aliphatic rings. The Bertz CT molecular complexity index is 447. The number of nitrogens with one attached hydrogen (secondary N) is 1. The minimum atomic E-state index is -0.104. The molecule has 0 atom stereocenters. The van der Waals surface area contributed by atoms with E-state index in [9.17, 15) is 4.79 Å². The zero-order chi connectivity index (χ0) is 13.2. The highest BCUT2D eigenvalue weighted by molar-refractivity contribution is 5.99. The van der Waals surface area contributed by atoms with E-state index >= 15 is 0 Å². The largest absolute Gasteiger partial charge is 0.399 e. The number of carbonyl (C=O) groups is 1. The number of hydrogen-bond donors (Lipinski definition) is 3. The molecule has 1 fully saturated rings. The summed E-state index contributed by atoms with van der Waals surface area (Å²) < 4.78 is 0. The van der Waals surface area contributed by atoms with E-state index in [0.717, 1.165) is 13.0 Å². The monoisotopic (exact) mass is 247 g/mol. The molecule has 4 heteroatoms. The first-order valence-electron chi connectivity index (χ1n) is 6.49. The Morgan fingerprint density at radius 1 is 1.39 bits per heavy atom. The fourth-order valence-corrected chi connectivity index (χ4v) is 2.48. The van der Waals surface area contributed by atoms with Crippen molar-refractivity contribution in [2.45, 2.75) is 32.6 Å². The Morgan fingerprint density at radius 3 is 2.61 bits per heavy atom. The Kier molecular flexibility index (Phi) is 3.45. The van der Waals surface area contributed by atoms with Crippen LogP contribution in [0.5, 0.6) is 0 Å². The van der Waals surface area contributed by atoms with Crippen LogP contribution in [-0.2, 0) is 0 Å². The number of amides is 1. The van der Waals surface area contributed by atoms with E-state index in [4.69, 9.17) is 11.5 Å². The first-order chi connectivity index (χ1) is 8.56. The summed E-state index contributed by atoms with van der Waals surface area (Å²) in [5.41, 5.74) is 13.3. The summed E-state index contributed by atoms with van der Waals surface area (Å²) in [4.78, 5) is 12.0. The van der Waals surface area contributed by atoms with Crippen LogP contribution in [0.2, 0.25) is 0 Å². The average Bonchev–Trinajstić information content (AvgIpc) is 2.27. The molecule has 98 valence electrons. The van der Waals surface area contributed by atoms with Crippen LogP contribution in [0.3, 0.4) is 0 Å². The lowest BCUT2D eigenvalue weighted by Gasteiger charge is -2.41. The van der Waals surface area contributed by atoms with Gasteiger partial charge in [-0.25, -0.2) is 0 Å². The number of carbonyl (C=O) groups excluding carboxylic acids is 1. The fourth-order valence-electron chi connectivity index (χ4n) is 2.48. The number of nitrogens with two attached hydrogens (primary N) is 2. The topological polar surface area (TPSA) is 81.1 Å². The highest BCUT2D eigenvalue weighted by Gasteiger charge is 2.35. The molecule has 0 saturated heterocycles. The van der Waals surface area contributed by atoms with Gasteiger partial charge in [-0.2, -0.15) is 0 Å². The van der Waals surface area contributed by atoms with E-state index in [0.29, 0.717) is 22.4 Å². The summed E-state index contributed by atoms with van der Waals surface area (Å²) in [5, 5.41) is 2.99. The van der Waals surface area contributed by atoms with Crippen molar-refractivity contribution in [2.75, 3.05) is 18.0 Å². The summed E-state index contributed by atoms with van der Waals surface area (Å²) in [6, 6.07) is 5.00. The van der Waals surface area contributed by atoms with Gasteiger partial charge in [0.1, 0.15) is 0 Å². The Labute approximate surface area is 108 Å². The van der Waals surface area contributed by atoms with Crippen LogP contribution < -0.4 is 16.8 Å². The van der Waals surface area contributed by atoms with Crippen molar-refractivity contribution in [3.05, 3.63) is 23.8 Å². The maximum Gasteiger partial charge on any atom is 0.253 e. The Balaban J connectivity index is 1.99. The zero-order valence-electron chi connectivity index (χ0n) is 10.8. The molecule has 1 aliphatic carbocycles. The number of benzene rings is 1. The van der Waals surface area contributed by atoms with Gasteiger partial charge in [0.2, 0.25) is 0 Å². The van der Waals surface area contributed by atoms with Crippen LogP contribution in [0.1, 0.15) is 43.0 Å². The third-order valence-corrected chi connectivity index (χ3v) is 4.11. The molecule has 0 spiro atoms. The van der Waals surface area contributed by atoms with Gasteiger partial charge in [0, 0.05) is 17.9 Å². The van der Waals surface area contributed by atoms with E-state index in [1.807, 2.05) is 0 Å². The van der Waals surface area contributed by atoms with Crippen LogP contribution in [0.25, 0.3) is 0 Å². The molecule has 0 aliphatic heterocycles. The summed E-state index contributed by atoms with van der Waals surface area (Å²) in [5.74, 6) is -0.104. The van der Waals surface area contributed by atoms with Crippen molar-refractivity contribution >= 4 is 17.3 Å². The standard InChI is InChI=1S/C14H21N3O/c1-2-14(6-3-7-14)9-17-13(18)11-5-4-10(15)8-12(11)16/h4-5,8H,2-3,6-7,9,15-16H2,1H3,(H,17,18). The SMILES string of the molecule is CCC1(CNC(=O)c2ccc(N)cc2N)CCC1. The van der Waals surface area contributed by atoms with Gasteiger partial charge in [0.25, 0.3) is 5.91 Å². The van der Waals surface area contributed by atoms with Gasteiger partial charge in [-0.15, -0.1) is 0 Å². The number of rotatable bonds is 4. The van der Waals surface area contributed by atoms with E-state index in [1.165, 1.54) is 19.3 Å². The van der Waals surface area contributed by atoms with E-state index in [-0.39, 0.29) is 5.91 Å². The normalized spacial score (nSPS) is 16.9. The molecule has 5 N–H and O–H groups in total. The molecule has 0 unspecified atom stereocenters. The molecule has 0 bridgehead atoms. The highest BCUT2D eigenvalue weighted by atomic mass is 16.1. The second-order valence-electron chi connectivity index (χ2n) is 5.24. The van der Waals surface area contributed by atoms with Gasteiger partial charge < -0.3 is 16.8 Å². The van der Waals surface area contributed by atoms with Crippen molar-refractivity contribution < 1.29 is 4.79 Å². The summed E-state index contributed by atoms with van der Waals surface area (Å²) in [6.07, 6.45) is 4.81. The molecular formula is C14H21N3O. The third-order valence-electron chi connectivity index (χ3n) is 4.11. The van der Waals surface area contributed by atoms with Crippen molar-refractivity contribution in [1.29, 1.82) is 0 Å². The molecule has 1 aromatic carbocycles. The molecule has 18 heavy (non-hydrogen) atoms. The highest BCUT2D eigenvalue weighted by Crippen LogP contribution is 2.43. The van der Waals surface area contributed by atoms with E-state index in [1.54, 1.807) is 18.2 Å². The lowest BCUT2D eigenvalue weighted by molar-refractivity contribution is 0.0851. The molecule has 1 amide bonds. The third kappa shape index (κ3) is 2.42. The lowest BCUT2D eigenvalue weighted by Crippen LogP contribution is -2.41. The molecule has 1 saturated carbocycles.